The van der Waals surface area contributed by atoms with Crippen LogP contribution in [0.5, 0.6) is 0 Å². The number of nitrogens with two attached hydrogens (primary N) is 1. The summed E-state index contributed by atoms with van der Waals surface area (Å²) in [6.45, 7) is 1.68. The van der Waals surface area contributed by atoms with Gasteiger partial charge in [0.15, 0.2) is 11.2 Å². The summed E-state index contributed by atoms with van der Waals surface area (Å²) in [5, 5.41) is 28.9. The Morgan fingerprint density at radius 1 is 0.846 bits per heavy atom. The number of ether oxygens (including phenoxy) is 3. The number of H-pyrrole nitrogens is 1. The van der Waals surface area contributed by atoms with Crippen LogP contribution in [0, 0.1) is 0 Å². The van der Waals surface area contributed by atoms with E-state index in [4.69, 9.17) is 25.1 Å². The molecule has 20 nitrogen and oxygen atoms in total. The molecule has 0 bridgehead atoms. The molecule has 52 heavy (non-hydrogen) atoms. The summed E-state index contributed by atoms with van der Waals surface area (Å²) < 4.78 is 16.0. The fraction of sp³-hybridized carbons (Fsp3) is 0.452. The van der Waals surface area contributed by atoms with E-state index in [2.05, 4.69) is 53.8 Å². The molecule has 0 saturated heterocycles. The highest BCUT2D eigenvalue weighted by Crippen LogP contribution is 2.12. The van der Waals surface area contributed by atoms with Gasteiger partial charge in [0.1, 0.15) is 12.1 Å². The number of hydrogen-bond donors (Lipinski definition) is 9. The molecule has 0 fully saturated rings. The molecule has 2 atom stereocenters. The number of fused-ring (bicyclic) bond motifs is 1. The first kappa shape index (κ1) is 41.0. The Kier molecular flexibility index (Phi) is 17.2. The molecule has 2 aromatic heterocycles. The molecule has 0 aliphatic carbocycles. The molecule has 2 heterocycles. The van der Waals surface area contributed by atoms with Crippen molar-refractivity contribution in [3.63, 3.8) is 0 Å². The Morgan fingerprint density at radius 2 is 1.50 bits per heavy atom. The van der Waals surface area contributed by atoms with E-state index < -0.39 is 47.3 Å². The first-order valence-electron chi connectivity index (χ1n) is 16.0. The molecule has 0 aliphatic heterocycles. The normalized spacial score (nSPS) is 12.1. The van der Waals surface area contributed by atoms with Crippen molar-refractivity contribution in [2.75, 3.05) is 63.0 Å². The lowest BCUT2D eigenvalue weighted by atomic mass is 10.1. The number of nitrogen functional groups attached to an aromatic ring is 1. The van der Waals surface area contributed by atoms with Crippen molar-refractivity contribution in [3.8, 4) is 0 Å². The number of aromatic amines is 1. The highest BCUT2D eigenvalue weighted by Gasteiger charge is 2.22. The third-order valence-electron chi connectivity index (χ3n) is 6.97. The van der Waals surface area contributed by atoms with Crippen LogP contribution < -0.4 is 32.6 Å². The first-order valence-corrected chi connectivity index (χ1v) is 16.6. The minimum Gasteiger partial charge on any atom is -0.480 e. The summed E-state index contributed by atoms with van der Waals surface area (Å²) in [7, 11) is 0. The average molecular weight is 748 g/mol. The quantitative estimate of drug-likeness (QED) is 0.0389. The maximum Gasteiger partial charge on any atom is 0.327 e. The summed E-state index contributed by atoms with van der Waals surface area (Å²) >= 11 is 3.87. The molecular weight excluding hydrogens is 706 g/mol. The van der Waals surface area contributed by atoms with E-state index in [1.54, 1.807) is 12.1 Å². The molecule has 3 amide bonds. The van der Waals surface area contributed by atoms with Crippen LogP contribution in [0.2, 0.25) is 0 Å². The summed E-state index contributed by atoms with van der Waals surface area (Å²) in [6, 6.07) is 3.88. The Balaban J connectivity index is 1.25. The zero-order chi connectivity index (χ0) is 37.9. The van der Waals surface area contributed by atoms with Crippen LogP contribution in [-0.4, -0.2) is 124 Å². The smallest absolute Gasteiger partial charge is 0.327 e. The van der Waals surface area contributed by atoms with Crippen LogP contribution in [0.4, 0.5) is 11.6 Å². The predicted octanol–water partition coefficient (Wildman–Crippen LogP) is -1.07. The van der Waals surface area contributed by atoms with Crippen LogP contribution in [0.3, 0.4) is 0 Å². The van der Waals surface area contributed by atoms with Gasteiger partial charge in [0, 0.05) is 36.4 Å². The highest BCUT2D eigenvalue weighted by atomic mass is 32.1. The highest BCUT2D eigenvalue weighted by molar-refractivity contribution is 7.80. The van der Waals surface area contributed by atoms with E-state index in [0.29, 0.717) is 11.4 Å². The van der Waals surface area contributed by atoms with Gasteiger partial charge in [-0.25, -0.2) is 19.6 Å². The lowest BCUT2D eigenvalue weighted by Crippen LogP contribution is -2.42. The molecule has 0 radical (unpaired) electrons. The number of carbonyl (C=O) groups excluding carboxylic acids is 3. The van der Waals surface area contributed by atoms with Crippen molar-refractivity contribution >= 4 is 65.1 Å². The lowest BCUT2D eigenvalue weighted by molar-refractivity contribution is -0.141. The monoisotopic (exact) mass is 747 g/mol. The van der Waals surface area contributed by atoms with Gasteiger partial charge in [-0.3, -0.25) is 24.2 Å². The number of carboxylic acid groups (broad SMARTS) is 2. The summed E-state index contributed by atoms with van der Waals surface area (Å²) in [4.78, 5) is 85.9. The van der Waals surface area contributed by atoms with Gasteiger partial charge in [-0.1, -0.05) is 0 Å². The predicted molar refractivity (Wildman–Crippen MR) is 188 cm³/mol. The number of aliphatic carboxylic acids is 2. The third-order valence-corrected chi connectivity index (χ3v) is 7.34. The van der Waals surface area contributed by atoms with Crippen LogP contribution in [-0.2, 0) is 39.9 Å². The van der Waals surface area contributed by atoms with Crippen LogP contribution in [0.15, 0.2) is 35.3 Å². The number of amides is 3. The first-order chi connectivity index (χ1) is 25.0. The largest absolute Gasteiger partial charge is 0.480 e. The number of carboxylic acids is 2. The number of anilines is 2. The van der Waals surface area contributed by atoms with E-state index in [-0.39, 0.29) is 100 Å². The van der Waals surface area contributed by atoms with E-state index in [1.165, 1.54) is 18.3 Å². The van der Waals surface area contributed by atoms with E-state index in [1.807, 2.05) is 0 Å². The van der Waals surface area contributed by atoms with Crippen molar-refractivity contribution in [2.45, 2.75) is 37.9 Å². The summed E-state index contributed by atoms with van der Waals surface area (Å²) in [5.74, 6) is -4.03. The maximum atomic E-state index is 12.7. The topological polar surface area (TPSA) is 299 Å². The Morgan fingerprint density at radius 3 is 2.15 bits per heavy atom. The van der Waals surface area contributed by atoms with Gasteiger partial charge in [0.25, 0.3) is 11.5 Å². The van der Waals surface area contributed by atoms with Crippen molar-refractivity contribution in [3.05, 3.63) is 52.1 Å². The van der Waals surface area contributed by atoms with Gasteiger partial charge in [-0.05, 0) is 30.7 Å². The van der Waals surface area contributed by atoms with Gasteiger partial charge >= 0.3 is 11.9 Å². The fourth-order valence-electron chi connectivity index (χ4n) is 4.27. The summed E-state index contributed by atoms with van der Waals surface area (Å²) in [5.41, 5.74) is 6.45. The number of hydrogen-bond acceptors (Lipinski definition) is 15. The molecule has 9 N–H and O–H groups in total. The van der Waals surface area contributed by atoms with Crippen molar-refractivity contribution < 1.29 is 48.4 Å². The number of benzene rings is 1. The second-order valence-electron chi connectivity index (χ2n) is 10.9. The van der Waals surface area contributed by atoms with Crippen molar-refractivity contribution in [1.29, 1.82) is 0 Å². The zero-order valence-electron chi connectivity index (χ0n) is 28.0. The Bertz CT molecular complexity index is 1730. The SMILES string of the molecule is Nc1nc2ncc(CNc3ccc(C(=O)NC(CCC(=O)NCCOCCOCCOCCC(=O)N[C@@H](CS)C(=O)O)C(=O)O)cc3)nc2c(=O)[nH]1. The fourth-order valence-corrected chi connectivity index (χ4v) is 4.52. The van der Waals surface area contributed by atoms with Gasteiger partial charge in [0.05, 0.1) is 58.1 Å². The molecule has 0 saturated carbocycles. The summed E-state index contributed by atoms with van der Waals surface area (Å²) in [6.07, 6.45) is 1.17. The van der Waals surface area contributed by atoms with Crippen LogP contribution >= 0.6 is 12.6 Å². The van der Waals surface area contributed by atoms with E-state index in [0.717, 1.165) is 0 Å². The number of thiol groups is 1. The molecule has 3 rings (SSSR count). The Labute approximate surface area is 302 Å². The molecule has 21 heteroatoms. The van der Waals surface area contributed by atoms with Gasteiger partial charge in [0.2, 0.25) is 17.8 Å². The van der Waals surface area contributed by atoms with Gasteiger partial charge in [-0.2, -0.15) is 17.6 Å². The molecule has 1 unspecified atom stereocenters. The van der Waals surface area contributed by atoms with Gasteiger partial charge < -0.3 is 51.4 Å². The van der Waals surface area contributed by atoms with E-state index >= 15 is 0 Å². The number of carbonyl (C=O) groups is 5. The lowest BCUT2D eigenvalue weighted by Gasteiger charge is -2.15. The molecule has 1 aromatic carbocycles. The van der Waals surface area contributed by atoms with Crippen LogP contribution in [0.1, 0.15) is 35.3 Å². The number of nitrogens with one attached hydrogen (secondary N) is 5. The standard InChI is InChI=1S/C31H41N9O11S/c32-31-39-26-25(28(44)40-31)36-20(16-35-26)15-34-19-3-1-18(2-4-19)27(43)38-21(29(45)46)5-6-23(41)33-8-10-50-12-14-51-13-11-49-9-7-24(42)37-22(17-52)30(47)48/h1-4,16,21-22,34,52H,5-15,17H2,(H,33,41)(H,37,42)(H,38,43)(H,45,46)(H,47,48)(H3,32,35,39,40,44)/t21?,22-/m0/s1. The second kappa shape index (κ2) is 21.8. The average Bonchev–Trinajstić information content (AvgIpc) is 3.11. The van der Waals surface area contributed by atoms with Crippen molar-refractivity contribution in [1.82, 2.24) is 35.9 Å². The minimum atomic E-state index is -1.30. The van der Waals surface area contributed by atoms with E-state index in [9.17, 15) is 33.9 Å². The van der Waals surface area contributed by atoms with Gasteiger partial charge in [-0.15, -0.1) is 0 Å². The minimum absolute atomic E-state index is 0.0000832. The van der Waals surface area contributed by atoms with Crippen molar-refractivity contribution in [2.24, 2.45) is 0 Å². The molecule has 3 aromatic rings. The number of aromatic nitrogens is 4. The Hall–Kier alpha value is -5.38. The third kappa shape index (κ3) is 14.5. The second-order valence-corrected chi connectivity index (χ2v) is 11.3. The number of rotatable bonds is 24. The van der Waals surface area contributed by atoms with Crippen LogP contribution in [0.25, 0.3) is 11.2 Å². The zero-order valence-corrected chi connectivity index (χ0v) is 28.9. The molecule has 0 aliphatic rings. The molecule has 0 spiro atoms. The maximum absolute atomic E-state index is 12.7. The number of nitrogens with zero attached hydrogens (tertiary/aromatic N) is 3. The molecular formula is C31H41N9O11S. The molecule has 282 valence electrons.